The van der Waals surface area contributed by atoms with E-state index in [1.54, 1.807) is 19.9 Å². The summed E-state index contributed by atoms with van der Waals surface area (Å²) in [7, 11) is 0. The largest absolute Gasteiger partial charge is 0.440 e. The van der Waals surface area contributed by atoms with Crippen LogP contribution in [0.25, 0.3) is 0 Å². The minimum absolute atomic E-state index is 0.0121. The van der Waals surface area contributed by atoms with Crippen molar-refractivity contribution in [2.45, 2.75) is 78.4 Å². The van der Waals surface area contributed by atoms with Gasteiger partial charge in [-0.05, 0) is 45.7 Å². The molecule has 0 bridgehead atoms. The number of carbonyl (C=O) groups is 3. The molecule has 5 atom stereocenters. The topological polar surface area (TPSA) is 229 Å². The summed E-state index contributed by atoms with van der Waals surface area (Å²) < 4.78 is 17.2. The van der Waals surface area contributed by atoms with Gasteiger partial charge in [0, 0.05) is 11.6 Å². The molecule has 45 heavy (non-hydrogen) atoms. The van der Waals surface area contributed by atoms with Gasteiger partial charge in [-0.1, -0.05) is 37.0 Å². The fourth-order valence-electron chi connectivity index (χ4n) is 3.92. The minimum Gasteiger partial charge on any atom is -0.440 e. The molecule has 0 fully saturated rings. The smallest absolute Gasteiger partial charge is 0.324 e. The maximum Gasteiger partial charge on any atom is 0.324 e. The van der Waals surface area contributed by atoms with E-state index in [-0.39, 0.29) is 38.8 Å². The van der Waals surface area contributed by atoms with Crippen LogP contribution in [0.4, 0.5) is 5.69 Å². The van der Waals surface area contributed by atoms with Crippen molar-refractivity contribution in [3.63, 3.8) is 0 Å². The molecule has 242 valence electrons. The maximum absolute atomic E-state index is 13.1. The monoisotopic (exact) mass is 666 g/mol. The number of amides is 1. The highest BCUT2D eigenvalue weighted by molar-refractivity contribution is 6.45. The molecule has 0 radical (unpaired) electrons. The molecule has 3 rings (SSSR count). The first kappa shape index (κ1) is 35.2. The summed E-state index contributed by atoms with van der Waals surface area (Å²) in [4.78, 5) is 50.7. The Kier molecular flexibility index (Phi) is 11.1. The molecule has 18 heteroatoms. The minimum atomic E-state index is -1.87. The van der Waals surface area contributed by atoms with E-state index < -0.39 is 60.0 Å². The van der Waals surface area contributed by atoms with E-state index in [1.165, 1.54) is 45.9 Å². The van der Waals surface area contributed by atoms with Crippen molar-refractivity contribution in [3.05, 3.63) is 44.2 Å². The van der Waals surface area contributed by atoms with E-state index in [1.807, 2.05) is 0 Å². The van der Waals surface area contributed by atoms with Crippen LogP contribution in [0.5, 0.6) is 11.6 Å². The molecule has 0 spiro atoms. The van der Waals surface area contributed by atoms with Gasteiger partial charge in [-0.25, -0.2) is 5.01 Å². The fraction of sp³-hybridized carbons (Fsp3) is 0.444. The van der Waals surface area contributed by atoms with Gasteiger partial charge in [0.2, 0.25) is 17.9 Å². The van der Waals surface area contributed by atoms with E-state index in [0.29, 0.717) is 4.90 Å². The standard InChI is InChI=1S/C27H32Cl2N8O8/c1-11(2)17-9-21(34-36(23(17)38)15(6)44-26(41)13(4)32)45-22-18(28)7-16(8-19(22)29)37-27(42)35(24(39)20(10-30)33-37)14(5)43-25(40)12(3)31/h7-9,11-15,27,42H,31-32H2,1-6H3/t12-,13-,14?,15?,27?/m0/s1. The number of rotatable bonds is 10. The molecule has 1 aromatic carbocycles. The summed E-state index contributed by atoms with van der Waals surface area (Å²) in [6.45, 7) is 9.07. The number of hydrazone groups is 1. The van der Waals surface area contributed by atoms with Gasteiger partial charge in [-0.3, -0.25) is 24.1 Å². The van der Waals surface area contributed by atoms with E-state index in [2.05, 4.69) is 10.2 Å². The maximum atomic E-state index is 13.1. The number of carbonyl (C=O) groups excluding carboxylic acids is 3. The van der Waals surface area contributed by atoms with Crippen LogP contribution in [-0.4, -0.2) is 68.0 Å². The third kappa shape index (κ3) is 7.70. The highest BCUT2D eigenvalue weighted by Crippen LogP contribution is 2.40. The lowest BCUT2D eigenvalue weighted by molar-refractivity contribution is -0.175. The number of anilines is 1. The van der Waals surface area contributed by atoms with E-state index >= 15 is 0 Å². The lowest BCUT2D eigenvalue weighted by Crippen LogP contribution is -2.60. The van der Waals surface area contributed by atoms with Gasteiger partial charge < -0.3 is 30.8 Å². The second-order valence-electron chi connectivity index (χ2n) is 10.3. The molecule has 0 saturated carbocycles. The van der Waals surface area contributed by atoms with Crippen molar-refractivity contribution >= 4 is 52.4 Å². The van der Waals surface area contributed by atoms with Gasteiger partial charge in [-0.2, -0.15) is 15.0 Å². The molecule has 2 heterocycles. The molecule has 1 aliphatic rings. The van der Waals surface area contributed by atoms with Crippen LogP contribution in [0.1, 0.15) is 59.3 Å². The number of nitrogens with zero attached hydrogens (tertiary/aromatic N) is 6. The van der Waals surface area contributed by atoms with Gasteiger partial charge in [0.05, 0.1) is 15.7 Å². The van der Waals surface area contributed by atoms with Crippen LogP contribution in [0.3, 0.4) is 0 Å². The Labute approximate surface area is 267 Å². The Hall–Kier alpha value is -4.27. The Morgan fingerprint density at radius 2 is 1.51 bits per heavy atom. The molecule has 1 aromatic heterocycles. The van der Waals surface area contributed by atoms with Gasteiger partial charge in [0.1, 0.15) is 18.2 Å². The van der Waals surface area contributed by atoms with Crippen LogP contribution < -0.4 is 26.8 Å². The number of hydrogen-bond donors (Lipinski definition) is 3. The average molecular weight is 668 g/mol. The van der Waals surface area contributed by atoms with Crippen LogP contribution in [0, 0.1) is 11.3 Å². The third-order valence-corrected chi connectivity index (χ3v) is 6.85. The first-order chi connectivity index (χ1) is 21.0. The summed E-state index contributed by atoms with van der Waals surface area (Å²) in [5.74, 6) is -3.14. The second kappa shape index (κ2) is 14.2. The molecular weight excluding hydrogens is 635 g/mol. The number of hydrogen-bond acceptors (Lipinski definition) is 14. The SMILES string of the molecule is CC(C)c1cc(Oc2c(Cl)cc(N3N=C(C#N)C(=O)N(C(C)OC(=O)[C@H](C)N)C3O)cc2Cl)nn(C(C)OC(=O)[C@H](C)N)c1=O. The van der Waals surface area contributed by atoms with Crippen LogP contribution in [0.15, 0.2) is 28.1 Å². The highest BCUT2D eigenvalue weighted by atomic mass is 35.5. The first-order valence-electron chi connectivity index (χ1n) is 13.5. The van der Waals surface area contributed by atoms with Crippen molar-refractivity contribution in [1.29, 1.82) is 5.26 Å². The number of nitriles is 1. The van der Waals surface area contributed by atoms with E-state index in [9.17, 15) is 29.5 Å². The molecule has 0 aliphatic carbocycles. The number of nitrogens with two attached hydrogens (primary N) is 2. The quantitative estimate of drug-likeness (QED) is 0.308. The zero-order chi connectivity index (χ0) is 33.9. The zero-order valence-electron chi connectivity index (χ0n) is 25.1. The molecule has 3 unspecified atom stereocenters. The average Bonchev–Trinajstić information content (AvgIpc) is 2.95. The van der Waals surface area contributed by atoms with Gasteiger partial charge in [-0.15, -0.1) is 5.10 Å². The van der Waals surface area contributed by atoms with Crippen LogP contribution >= 0.6 is 23.2 Å². The molecule has 1 aliphatic heterocycles. The Balaban J connectivity index is 2.01. The van der Waals surface area contributed by atoms with Gasteiger partial charge >= 0.3 is 11.9 Å². The summed E-state index contributed by atoms with van der Waals surface area (Å²) in [6, 6.07) is 3.60. The van der Waals surface area contributed by atoms with E-state index in [0.717, 1.165) is 9.69 Å². The number of aliphatic hydroxyl groups is 1. The summed E-state index contributed by atoms with van der Waals surface area (Å²) in [5, 5.41) is 29.3. The summed E-state index contributed by atoms with van der Waals surface area (Å²) in [6.07, 6.45) is -4.37. The number of halogens is 2. The normalized spacial score (nSPS) is 17.6. The molecule has 1 amide bonds. The van der Waals surface area contributed by atoms with Crippen LogP contribution in [0.2, 0.25) is 10.0 Å². The van der Waals surface area contributed by atoms with Gasteiger partial charge in [0.15, 0.2) is 18.2 Å². The lowest BCUT2D eigenvalue weighted by atomic mass is 10.1. The van der Waals surface area contributed by atoms with Crippen molar-refractivity contribution in [2.75, 3.05) is 5.01 Å². The molecule has 16 nitrogen and oxygen atoms in total. The fourth-order valence-corrected chi connectivity index (χ4v) is 4.47. The molecule has 0 saturated heterocycles. The second-order valence-corrected chi connectivity index (χ2v) is 11.1. The third-order valence-electron chi connectivity index (χ3n) is 6.29. The Bertz CT molecular complexity index is 1600. The Morgan fingerprint density at radius 3 is 2.00 bits per heavy atom. The molecule has 5 N–H and O–H groups in total. The number of benzene rings is 1. The predicted molar refractivity (Wildman–Crippen MR) is 161 cm³/mol. The first-order valence-corrected chi connectivity index (χ1v) is 14.2. The van der Waals surface area contributed by atoms with Crippen molar-refractivity contribution < 1.29 is 33.7 Å². The van der Waals surface area contributed by atoms with Gasteiger partial charge in [0.25, 0.3) is 11.5 Å². The Morgan fingerprint density at radius 1 is 0.978 bits per heavy atom. The zero-order valence-corrected chi connectivity index (χ0v) is 26.6. The number of esters is 2. The van der Waals surface area contributed by atoms with Crippen molar-refractivity contribution in [1.82, 2.24) is 14.7 Å². The molecule has 2 aromatic rings. The predicted octanol–water partition coefficient (Wildman–Crippen LogP) is 1.92. The van der Waals surface area contributed by atoms with Crippen molar-refractivity contribution in [3.8, 4) is 17.7 Å². The number of aliphatic hydroxyl groups excluding tert-OH is 1. The molecular formula is C27H32Cl2N8O8. The highest BCUT2D eigenvalue weighted by Gasteiger charge is 2.41. The van der Waals surface area contributed by atoms with Crippen molar-refractivity contribution in [2.24, 2.45) is 16.6 Å². The summed E-state index contributed by atoms with van der Waals surface area (Å²) >= 11 is 13.0. The lowest BCUT2D eigenvalue weighted by Gasteiger charge is -2.40. The van der Waals surface area contributed by atoms with Crippen LogP contribution in [-0.2, 0) is 23.9 Å². The van der Waals surface area contributed by atoms with E-state index in [4.69, 9.17) is 48.9 Å². The number of ether oxygens (including phenoxy) is 3. The number of aromatic nitrogens is 2. The summed E-state index contributed by atoms with van der Waals surface area (Å²) in [5.41, 5.74) is 10.2.